The normalized spacial score (nSPS) is 12.5. The van der Waals surface area contributed by atoms with Gasteiger partial charge in [-0.1, -0.05) is 22.0 Å². The van der Waals surface area contributed by atoms with Crippen molar-refractivity contribution in [1.82, 2.24) is 5.32 Å². The van der Waals surface area contributed by atoms with Gasteiger partial charge in [0.25, 0.3) is 0 Å². The summed E-state index contributed by atoms with van der Waals surface area (Å²) in [5.41, 5.74) is 0. The third-order valence-electron chi connectivity index (χ3n) is 1.67. The van der Waals surface area contributed by atoms with Crippen LogP contribution in [0.5, 0.6) is 0 Å². The molecule has 1 N–H and O–H groups in total. The molecule has 0 saturated carbocycles. The molecule has 1 unspecified atom stereocenters. The molecule has 72 valence electrons. The summed E-state index contributed by atoms with van der Waals surface area (Å²) in [6.07, 6.45) is 0.537. The number of thiophene rings is 1. The van der Waals surface area contributed by atoms with Crippen molar-refractivity contribution in [3.8, 4) is 0 Å². The van der Waals surface area contributed by atoms with Crippen LogP contribution in [-0.4, -0.2) is 11.2 Å². The average Bonchev–Trinajstić information content (AvgIpc) is 2.55. The van der Waals surface area contributed by atoms with Gasteiger partial charge in [-0.2, -0.15) is 0 Å². The molecule has 0 aromatic carbocycles. The molecular weight excluding hydrogens is 250 g/mol. The summed E-state index contributed by atoms with van der Waals surface area (Å²) in [5.74, 6) is 0.0952. The smallest absolute Gasteiger partial charge is 0.221 e. The van der Waals surface area contributed by atoms with Crippen LogP contribution in [0.3, 0.4) is 0 Å². The van der Waals surface area contributed by atoms with Crippen LogP contribution in [0.4, 0.5) is 0 Å². The monoisotopic (exact) mass is 261 g/mol. The first-order valence-electron chi connectivity index (χ1n) is 4.12. The standard InChI is InChI=1S/C9H12BrNOS/c1-7(8-3-2-6-13-8)11-9(12)4-5-10/h2-3,6-7H,4-5H2,1H3,(H,11,12). The Bertz CT molecular complexity index is 261. The Morgan fingerprint density at radius 3 is 3.08 bits per heavy atom. The van der Waals surface area contributed by atoms with Gasteiger partial charge >= 0.3 is 0 Å². The van der Waals surface area contributed by atoms with Crippen molar-refractivity contribution in [1.29, 1.82) is 0 Å². The summed E-state index contributed by atoms with van der Waals surface area (Å²) >= 11 is 4.90. The van der Waals surface area contributed by atoms with Crippen molar-refractivity contribution in [3.05, 3.63) is 22.4 Å². The van der Waals surface area contributed by atoms with Crippen LogP contribution in [0.15, 0.2) is 17.5 Å². The maximum Gasteiger partial charge on any atom is 0.221 e. The van der Waals surface area contributed by atoms with Crippen LogP contribution in [0.25, 0.3) is 0 Å². The summed E-state index contributed by atoms with van der Waals surface area (Å²) < 4.78 is 0. The minimum Gasteiger partial charge on any atom is -0.349 e. The quantitative estimate of drug-likeness (QED) is 0.830. The molecule has 0 saturated heterocycles. The Labute approximate surface area is 90.5 Å². The van der Waals surface area contributed by atoms with Crippen molar-refractivity contribution < 1.29 is 4.79 Å². The Kier molecular flexibility index (Phi) is 4.45. The van der Waals surface area contributed by atoms with Gasteiger partial charge in [-0.15, -0.1) is 11.3 Å². The molecule has 1 rings (SSSR count). The molecule has 1 aromatic rings. The lowest BCUT2D eigenvalue weighted by atomic mass is 10.2. The van der Waals surface area contributed by atoms with E-state index in [1.54, 1.807) is 11.3 Å². The Balaban J connectivity index is 2.42. The molecular formula is C9H12BrNOS. The average molecular weight is 262 g/mol. The molecule has 0 spiro atoms. The van der Waals surface area contributed by atoms with E-state index >= 15 is 0 Å². The second-order valence-electron chi connectivity index (χ2n) is 2.74. The number of rotatable bonds is 4. The fourth-order valence-electron chi connectivity index (χ4n) is 1.01. The van der Waals surface area contributed by atoms with Gasteiger partial charge in [0.1, 0.15) is 0 Å². The molecule has 0 aliphatic carbocycles. The molecule has 4 heteroatoms. The summed E-state index contributed by atoms with van der Waals surface area (Å²) in [6.45, 7) is 2.00. The van der Waals surface area contributed by atoms with Gasteiger partial charge < -0.3 is 5.32 Å². The van der Waals surface area contributed by atoms with E-state index in [4.69, 9.17) is 0 Å². The second-order valence-corrected chi connectivity index (χ2v) is 4.52. The maximum atomic E-state index is 11.2. The number of amides is 1. The second kappa shape index (κ2) is 5.40. The van der Waals surface area contributed by atoms with E-state index in [-0.39, 0.29) is 11.9 Å². The van der Waals surface area contributed by atoms with Crippen LogP contribution < -0.4 is 5.32 Å². The molecule has 0 radical (unpaired) electrons. The van der Waals surface area contributed by atoms with E-state index < -0.39 is 0 Å². The van der Waals surface area contributed by atoms with E-state index in [0.29, 0.717) is 6.42 Å². The van der Waals surface area contributed by atoms with Crippen LogP contribution in [0.2, 0.25) is 0 Å². The highest BCUT2D eigenvalue weighted by molar-refractivity contribution is 9.09. The zero-order valence-corrected chi connectivity index (χ0v) is 9.82. The zero-order valence-electron chi connectivity index (χ0n) is 7.42. The van der Waals surface area contributed by atoms with Gasteiger partial charge in [-0.25, -0.2) is 0 Å². The number of carbonyl (C=O) groups is 1. The van der Waals surface area contributed by atoms with Crippen LogP contribution in [0, 0.1) is 0 Å². The fourth-order valence-corrected chi connectivity index (χ4v) is 2.10. The van der Waals surface area contributed by atoms with E-state index in [0.717, 1.165) is 5.33 Å². The van der Waals surface area contributed by atoms with Crippen molar-refractivity contribution in [3.63, 3.8) is 0 Å². The predicted octanol–water partition coefficient (Wildman–Crippen LogP) is 2.71. The predicted molar refractivity (Wildman–Crippen MR) is 59.3 cm³/mol. The van der Waals surface area contributed by atoms with Gasteiger partial charge in [-0.05, 0) is 18.4 Å². The van der Waals surface area contributed by atoms with Crippen LogP contribution in [0.1, 0.15) is 24.3 Å². The number of carbonyl (C=O) groups excluding carboxylic acids is 1. The molecule has 1 heterocycles. The van der Waals surface area contributed by atoms with Crippen LogP contribution in [-0.2, 0) is 4.79 Å². The number of alkyl halides is 1. The number of halogens is 1. The molecule has 2 nitrogen and oxygen atoms in total. The van der Waals surface area contributed by atoms with Crippen molar-refractivity contribution in [2.45, 2.75) is 19.4 Å². The minimum absolute atomic E-state index is 0.0952. The Morgan fingerprint density at radius 2 is 2.54 bits per heavy atom. The van der Waals surface area contributed by atoms with E-state index in [9.17, 15) is 4.79 Å². The van der Waals surface area contributed by atoms with Gasteiger partial charge in [0.2, 0.25) is 5.91 Å². The maximum absolute atomic E-state index is 11.2. The van der Waals surface area contributed by atoms with Gasteiger partial charge in [0, 0.05) is 16.6 Å². The molecule has 0 bridgehead atoms. The third-order valence-corrected chi connectivity index (χ3v) is 3.12. The van der Waals surface area contributed by atoms with Crippen molar-refractivity contribution >= 4 is 33.2 Å². The summed E-state index contributed by atoms with van der Waals surface area (Å²) in [7, 11) is 0. The summed E-state index contributed by atoms with van der Waals surface area (Å²) in [6, 6.07) is 4.16. The van der Waals surface area contributed by atoms with Gasteiger partial charge in [0.05, 0.1) is 6.04 Å². The lowest BCUT2D eigenvalue weighted by Crippen LogP contribution is -2.25. The summed E-state index contributed by atoms with van der Waals surface area (Å²) in [4.78, 5) is 12.4. The largest absolute Gasteiger partial charge is 0.349 e. The van der Waals surface area contributed by atoms with Crippen molar-refractivity contribution in [2.75, 3.05) is 5.33 Å². The third kappa shape index (κ3) is 3.48. The van der Waals surface area contributed by atoms with Crippen LogP contribution >= 0.6 is 27.3 Å². The molecule has 1 atom stereocenters. The van der Waals surface area contributed by atoms with Gasteiger partial charge in [-0.3, -0.25) is 4.79 Å². The Hall–Kier alpha value is -0.350. The highest BCUT2D eigenvalue weighted by Crippen LogP contribution is 2.17. The van der Waals surface area contributed by atoms with E-state index in [2.05, 4.69) is 21.2 Å². The molecule has 0 aliphatic heterocycles. The first-order valence-corrected chi connectivity index (χ1v) is 6.13. The fraction of sp³-hybridized carbons (Fsp3) is 0.444. The van der Waals surface area contributed by atoms with Crippen molar-refractivity contribution in [2.24, 2.45) is 0 Å². The minimum atomic E-state index is 0.0952. The SMILES string of the molecule is CC(NC(=O)CCBr)c1cccs1. The Morgan fingerprint density at radius 1 is 1.77 bits per heavy atom. The summed E-state index contributed by atoms with van der Waals surface area (Å²) in [5, 5.41) is 5.66. The van der Waals surface area contributed by atoms with Gasteiger partial charge in [0.15, 0.2) is 0 Å². The van der Waals surface area contributed by atoms with E-state index in [1.807, 2.05) is 24.4 Å². The highest BCUT2D eigenvalue weighted by Gasteiger charge is 2.08. The topological polar surface area (TPSA) is 29.1 Å². The number of nitrogens with one attached hydrogen (secondary N) is 1. The lowest BCUT2D eigenvalue weighted by molar-refractivity contribution is -0.121. The first kappa shape index (κ1) is 10.7. The molecule has 1 aromatic heterocycles. The molecule has 0 fully saturated rings. The molecule has 0 aliphatic rings. The molecule has 1 amide bonds. The van der Waals surface area contributed by atoms with E-state index in [1.165, 1.54) is 4.88 Å². The lowest BCUT2D eigenvalue weighted by Gasteiger charge is -2.10. The number of hydrogen-bond acceptors (Lipinski definition) is 2. The molecule has 13 heavy (non-hydrogen) atoms. The highest BCUT2D eigenvalue weighted by atomic mass is 79.9. The first-order chi connectivity index (χ1) is 6.24. The zero-order chi connectivity index (χ0) is 9.68. The number of hydrogen-bond donors (Lipinski definition) is 1.